The van der Waals surface area contributed by atoms with Crippen molar-refractivity contribution in [2.75, 3.05) is 9.80 Å². The smallest absolute Gasteiger partial charge is 0.0709 e. The number of aromatic nitrogens is 3. The molecule has 0 unspecified atom stereocenters. The molecule has 1 radical (unpaired) electrons. The molecule has 6 heteroatoms. The summed E-state index contributed by atoms with van der Waals surface area (Å²) in [7, 11) is 0. The van der Waals surface area contributed by atoms with Crippen LogP contribution >= 0.6 is 0 Å². The first-order chi connectivity index (χ1) is 25.1. The summed E-state index contributed by atoms with van der Waals surface area (Å²) in [5.74, 6) is 2.47. The van der Waals surface area contributed by atoms with Gasteiger partial charge in [-0.2, -0.15) is 0 Å². The minimum absolute atomic E-state index is 0. The van der Waals surface area contributed by atoms with Crippen molar-refractivity contribution < 1.29 is 22.4 Å². The minimum atomic E-state index is 0. The predicted molar refractivity (Wildman–Crippen MR) is 220 cm³/mol. The zero-order valence-corrected chi connectivity index (χ0v) is 34.1. The van der Waals surface area contributed by atoms with E-state index in [-0.39, 0.29) is 22.4 Å². The van der Waals surface area contributed by atoms with E-state index in [0.717, 1.165) is 27.6 Å². The van der Waals surface area contributed by atoms with Crippen LogP contribution in [0.3, 0.4) is 0 Å². The molecule has 1 aliphatic rings. The summed E-state index contributed by atoms with van der Waals surface area (Å²) in [6, 6.07) is 42.4. The zero-order valence-electron chi connectivity index (χ0n) is 32.0. The average molecular weight is 881 g/mol. The average Bonchev–Trinajstić information content (AvgIpc) is 3.76. The van der Waals surface area contributed by atoms with E-state index in [0.29, 0.717) is 29.5 Å². The molecule has 7 aromatic rings. The number of fused-ring (bicyclic) bond motifs is 3. The Kier molecular flexibility index (Phi) is 11.6. The molecule has 8 rings (SSSR count). The van der Waals surface area contributed by atoms with Crippen LogP contribution < -0.4 is 14.8 Å². The monoisotopic (exact) mass is 880 g/mol. The third-order valence-electron chi connectivity index (χ3n) is 9.96. The van der Waals surface area contributed by atoms with Crippen molar-refractivity contribution in [3.63, 3.8) is 0 Å². The fourth-order valence-electron chi connectivity index (χ4n) is 7.26. The number of nitrogens with zero attached hydrogens (tertiary/aromatic N) is 5. The SMILES string of the molecule is CC(C)c1cccc(C(C)C)c1N1[CH-]N(c2c(C(C)C)cccc2C(C)C)c2ccccc21.[Au].c1ccc2nc(-c3nc4ccccc4[n-]3)ccc2c1. The fraction of sp³-hybridized carbons (Fsp3) is 0.255. The minimum Gasteiger partial charge on any atom is -0.473 e. The van der Waals surface area contributed by atoms with Gasteiger partial charge in [0, 0.05) is 50.5 Å². The normalized spacial score (nSPS) is 12.5. The van der Waals surface area contributed by atoms with E-state index in [1.165, 1.54) is 45.0 Å². The number of para-hydroxylation sites is 7. The zero-order chi connectivity index (χ0) is 36.5. The van der Waals surface area contributed by atoms with Gasteiger partial charge in [0.2, 0.25) is 0 Å². The van der Waals surface area contributed by atoms with Gasteiger partial charge >= 0.3 is 0 Å². The van der Waals surface area contributed by atoms with Crippen molar-refractivity contribution in [2.24, 2.45) is 0 Å². The standard InChI is InChI=1S/C31H39N2.C16H10N3.Au/c1-20(2)24-13-11-14-25(21(3)4)30(24)32-19-33(29-18-10-9-17-28(29)32)31-26(22(5)6)15-12-16-27(31)23(7)8;1-2-6-12-11(5-1)9-10-15(17-12)16-18-13-7-3-4-8-14(13)19-16;/h9-23H,1-8H3;1-10H;/q2*-1;. The summed E-state index contributed by atoms with van der Waals surface area (Å²) < 4.78 is 0. The summed E-state index contributed by atoms with van der Waals surface area (Å²) in [5.41, 5.74) is 14.4. The van der Waals surface area contributed by atoms with Crippen molar-refractivity contribution in [3.05, 3.63) is 150 Å². The second-order valence-corrected chi connectivity index (χ2v) is 15.0. The quantitative estimate of drug-likeness (QED) is 0.118. The van der Waals surface area contributed by atoms with Crippen LogP contribution in [0.5, 0.6) is 0 Å². The Balaban J connectivity index is 0.000000203. The van der Waals surface area contributed by atoms with Crippen molar-refractivity contribution in [1.82, 2.24) is 15.0 Å². The first kappa shape index (κ1) is 38.1. The van der Waals surface area contributed by atoms with Crippen LogP contribution in [0.15, 0.2) is 121 Å². The summed E-state index contributed by atoms with van der Waals surface area (Å²) in [6.45, 7) is 20.7. The van der Waals surface area contributed by atoms with Gasteiger partial charge < -0.3 is 19.8 Å². The Morgan fingerprint density at radius 1 is 0.472 bits per heavy atom. The first-order valence-corrected chi connectivity index (χ1v) is 18.7. The summed E-state index contributed by atoms with van der Waals surface area (Å²) in [4.78, 5) is 18.5. The van der Waals surface area contributed by atoms with Crippen molar-refractivity contribution in [3.8, 4) is 11.5 Å². The summed E-state index contributed by atoms with van der Waals surface area (Å²) in [5, 5.41) is 1.13. The van der Waals surface area contributed by atoms with Crippen molar-refractivity contribution in [2.45, 2.75) is 79.1 Å². The Hall–Kier alpha value is -4.68. The number of hydrogen-bond acceptors (Lipinski definition) is 4. The van der Waals surface area contributed by atoms with E-state index in [2.05, 4.69) is 160 Å². The van der Waals surface area contributed by atoms with Crippen molar-refractivity contribution >= 4 is 44.7 Å². The van der Waals surface area contributed by atoms with E-state index in [1.807, 2.05) is 48.5 Å². The molecular formula is C47H49AuN5-2. The molecule has 0 fully saturated rings. The van der Waals surface area contributed by atoms with E-state index in [9.17, 15) is 0 Å². The fourth-order valence-corrected chi connectivity index (χ4v) is 7.26. The van der Waals surface area contributed by atoms with Crippen LogP contribution in [0.4, 0.5) is 22.7 Å². The van der Waals surface area contributed by atoms with Gasteiger partial charge in [-0.3, -0.25) is 0 Å². The van der Waals surface area contributed by atoms with Gasteiger partial charge in [0.15, 0.2) is 0 Å². The number of benzene rings is 5. The molecule has 0 amide bonds. The van der Waals surface area contributed by atoms with Crippen LogP contribution in [0.2, 0.25) is 0 Å². The molecule has 1 aliphatic heterocycles. The number of anilines is 4. The Morgan fingerprint density at radius 3 is 1.42 bits per heavy atom. The molecule has 3 heterocycles. The second kappa shape index (κ2) is 16.1. The number of rotatable bonds is 7. The maximum atomic E-state index is 4.62. The van der Waals surface area contributed by atoms with E-state index in [1.54, 1.807) is 0 Å². The van der Waals surface area contributed by atoms with Crippen molar-refractivity contribution in [1.29, 1.82) is 0 Å². The van der Waals surface area contributed by atoms with Gasteiger partial charge in [-0.15, -0.1) is 6.67 Å². The first-order valence-electron chi connectivity index (χ1n) is 18.7. The van der Waals surface area contributed by atoms with Gasteiger partial charge in [0.1, 0.15) is 0 Å². The maximum absolute atomic E-state index is 4.62. The third kappa shape index (κ3) is 7.57. The molecule has 0 bridgehead atoms. The largest absolute Gasteiger partial charge is 0.473 e. The van der Waals surface area contributed by atoms with Crippen LogP contribution in [0.1, 0.15) is 101 Å². The number of imidazole rings is 1. The summed E-state index contributed by atoms with van der Waals surface area (Å²) in [6.07, 6.45) is 0. The molecule has 0 N–H and O–H groups in total. The molecule has 0 atom stereocenters. The van der Waals surface area contributed by atoms with Gasteiger partial charge in [0.05, 0.1) is 11.2 Å². The molecule has 5 nitrogen and oxygen atoms in total. The van der Waals surface area contributed by atoms with Gasteiger partial charge in [0.25, 0.3) is 0 Å². The predicted octanol–water partition coefficient (Wildman–Crippen LogP) is 13.0. The molecule has 275 valence electrons. The van der Waals surface area contributed by atoms with Gasteiger partial charge in [-0.1, -0.05) is 152 Å². The molecule has 2 aromatic heterocycles. The Bertz CT molecular complexity index is 2160. The third-order valence-corrected chi connectivity index (χ3v) is 9.96. The maximum Gasteiger partial charge on any atom is 0.0709 e. The molecule has 53 heavy (non-hydrogen) atoms. The Labute approximate surface area is 331 Å². The van der Waals surface area contributed by atoms with Gasteiger partial charge in [-0.05, 0) is 87.0 Å². The Morgan fingerprint density at radius 2 is 0.925 bits per heavy atom. The van der Waals surface area contributed by atoms with Crippen LogP contribution in [-0.2, 0) is 22.4 Å². The topological polar surface area (TPSA) is 46.4 Å². The number of hydrogen-bond donors (Lipinski definition) is 0. The van der Waals surface area contributed by atoms with E-state index < -0.39 is 0 Å². The molecular weight excluding hydrogens is 832 g/mol. The molecule has 5 aromatic carbocycles. The second-order valence-electron chi connectivity index (χ2n) is 15.0. The number of pyridine rings is 1. The van der Waals surface area contributed by atoms with E-state index >= 15 is 0 Å². The van der Waals surface area contributed by atoms with E-state index in [4.69, 9.17) is 0 Å². The molecule has 0 aliphatic carbocycles. The van der Waals surface area contributed by atoms with Gasteiger partial charge in [-0.25, -0.2) is 4.98 Å². The molecule has 0 saturated heterocycles. The summed E-state index contributed by atoms with van der Waals surface area (Å²) >= 11 is 0. The van der Waals surface area contributed by atoms with Crippen LogP contribution in [-0.4, -0.2) is 9.97 Å². The van der Waals surface area contributed by atoms with Crippen LogP contribution in [0, 0.1) is 6.67 Å². The van der Waals surface area contributed by atoms with Crippen LogP contribution in [0.25, 0.3) is 33.5 Å². The molecule has 0 saturated carbocycles. The molecule has 0 spiro atoms.